The van der Waals surface area contributed by atoms with Crippen LogP contribution < -0.4 is 16.0 Å². The van der Waals surface area contributed by atoms with Gasteiger partial charge >= 0.3 is 6.03 Å². The molecule has 0 unspecified atom stereocenters. The number of rotatable bonds is 6. The zero-order chi connectivity index (χ0) is 18.2. The summed E-state index contributed by atoms with van der Waals surface area (Å²) in [4.78, 5) is 26.7. The summed E-state index contributed by atoms with van der Waals surface area (Å²) in [7, 11) is 0. The number of likely N-dealkylation sites (tertiary alicyclic amines) is 1. The average Bonchev–Trinajstić information content (AvgIpc) is 2.59. The highest BCUT2D eigenvalue weighted by Crippen LogP contribution is 2.22. The lowest BCUT2D eigenvalue weighted by molar-refractivity contribution is 0.0691. The lowest BCUT2D eigenvalue weighted by Gasteiger charge is -2.32. The number of hydrogen-bond acceptors (Lipinski definition) is 3. The van der Waals surface area contributed by atoms with Crippen LogP contribution in [-0.2, 0) is 0 Å². The van der Waals surface area contributed by atoms with Crippen LogP contribution in [0.15, 0.2) is 24.3 Å². The highest BCUT2D eigenvalue weighted by molar-refractivity contribution is 6.03. The van der Waals surface area contributed by atoms with Crippen molar-refractivity contribution in [3.8, 4) is 0 Å². The Morgan fingerprint density at radius 2 is 1.85 bits per heavy atom. The number of anilines is 1. The molecule has 0 atom stereocenters. The predicted molar refractivity (Wildman–Crippen MR) is 108 cm³/mol. The Morgan fingerprint density at radius 3 is 2.46 bits per heavy atom. The van der Waals surface area contributed by atoms with E-state index in [4.69, 9.17) is 0 Å². The lowest BCUT2D eigenvalue weighted by atomic mass is 9.96. The fourth-order valence-electron chi connectivity index (χ4n) is 3.06. The van der Waals surface area contributed by atoms with Gasteiger partial charge in [0.15, 0.2) is 0 Å². The van der Waals surface area contributed by atoms with Crippen LogP contribution in [0.5, 0.6) is 0 Å². The van der Waals surface area contributed by atoms with Gasteiger partial charge in [-0.05, 0) is 57.8 Å². The lowest BCUT2D eigenvalue weighted by Crippen LogP contribution is -2.41. The van der Waals surface area contributed by atoms with Crippen molar-refractivity contribution in [2.45, 2.75) is 39.7 Å². The van der Waals surface area contributed by atoms with Gasteiger partial charge in [0.25, 0.3) is 5.91 Å². The maximum atomic E-state index is 12.9. The molecule has 3 N–H and O–H groups in total. The van der Waals surface area contributed by atoms with E-state index in [2.05, 4.69) is 22.9 Å². The number of carbonyl (C=O) groups is 2. The van der Waals surface area contributed by atoms with Crippen LogP contribution >= 0.6 is 12.4 Å². The van der Waals surface area contributed by atoms with Crippen LogP contribution in [0.1, 0.15) is 44.0 Å². The van der Waals surface area contributed by atoms with Gasteiger partial charge in [-0.25, -0.2) is 4.79 Å². The quantitative estimate of drug-likeness (QED) is 0.707. The molecule has 0 radical (unpaired) electrons. The first-order valence-corrected chi connectivity index (χ1v) is 9.17. The molecular weight excluding hydrogens is 352 g/mol. The minimum Gasteiger partial charge on any atom is -0.339 e. The van der Waals surface area contributed by atoms with Gasteiger partial charge in [0.05, 0.1) is 11.3 Å². The SMILES string of the molecule is CCNCC1CCN(C(=O)c2ccccc2NC(=O)NC(C)C)CC1.Cl. The van der Waals surface area contributed by atoms with Crippen LogP contribution in [-0.4, -0.2) is 49.1 Å². The Kier molecular flexibility index (Phi) is 9.44. The Bertz CT molecular complexity index is 587. The van der Waals surface area contributed by atoms with Gasteiger partial charge in [-0.2, -0.15) is 0 Å². The summed E-state index contributed by atoms with van der Waals surface area (Å²) in [6.07, 6.45) is 2.03. The third kappa shape index (κ3) is 6.50. The summed E-state index contributed by atoms with van der Waals surface area (Å²) in [5, 5.41) is 8.95. The molecule has 1 fully saturated rings. The molecule has 0 bridgehead atoms. The van der Waals surface area contributed by atoms with Crippen LogP contribution in [0.25, 0.3) is 0 Å². The summed E-state index contributed by atoms with van der Waals surface area (Å²) in [6, 6.07) is 6.95. The first-order valence-electron chi connectivity index (χ1n) is 9.17. The second-order valence-electron chi connectivity index (χ2n) is 6.84. The van der Waals surface area contributed by atoms with E-state index in [1.165, 1.54) is 0 Å². The molecule has 6 nitrogen and oxygen atoms in total. The Hall–Kier alpha value is -1.79. The maximum absolute atomic E-state index is 12.9. The average molecular weight is 383 g/mol. The fraction of sp³-hybridized carbons (Fsp3) is 0.579. The first-order chi connectivity index (χ1) is 12.0. The zero-order valence-electron chi connectivity index (χ0n) is 15.9. The van der Waals surface area contributed by atoms with Crippen LogP contribution in [0.4, 0.5) is 10.5 Å². The summed E-state index contributed by atoms with van der Waals surface area (Å²) in [5.74, 6) is 0.622. The molecule has 3 amide bonds. The minimum atomic E-state index is -0.292. The minimum absolute atomic E-state index is 0. The largest absolute Gasteiger partial charge is 0.339 e. The molecule has 26 heavy (non-hydrogen) atoms. The molecule has 1 saturated heterocycles. The normalized spacial score (nSPS) is 14.7. The number of benzene rings is 1. The standard InChI is InChI=1S/C19H30N4O2.ClH/c1-4-20-13-15-9-11-23(12-10-15)18(24)16-7-5-6-8-17(16)22-19(25)21-14(2)3;/h5-8,14-15,20H,4,9-13H2,1-3H3,(H2,21,22,25);1H. The van der Waals surface area contributed by atoms with Crippen molar-refractivity contribution in [3.05, 3.63) is 29.8 Å². The molecule has 146 valence electrons. The Balaban J connectivity index is 0.00000338. The van der Waals surface area contributed by atoms with Crippen molar-refractivity contribution < 1.29 is 9.59 Å². The van der Waals surface area contributed by atoms with Crippen molar-refractivity contribution in [2.75, 3.05) is 31.5 Å². The maximum Gasteiger partial charge on any atom is 0.319 e. The Morgan fingerprint density at radius 1 is 1.19 bits per heavy atom. The third-order valence-electron chi connectivity index (χ3n) is 4.41. The van der Waals surface area contributed by atoms with Gasteiger partial charge in [-0.3, -0.25) is 4.79 Å². The van der Waals surface area contributed by atoms with E-state index in [0.29, 0.717) is 17.2 Å². The summed E-state index contributed by atoms with van der Waals surface area (Å²) >= 11 is 0. The number of nitrogens with zero attached hydrogens (tertiary/aromatic N) is 1. The molecule has 1 aromatic carbocycles. The van der Waals surface area contributed by atoms with E-state index in [9.17, 15) is 9.59 Å². The van der Waals surface area contributed by atoms with Gasteiger partial charge in [-0.1, -0.05) is 19.1 Å². The van der Waals surface area contributed by atoms with Gasteiger partial charge in [0.1, 0.15) is 0 Å². The van der Waals surface area contributed by atoms with E-state index in [1.807, 2.05) is 30.9 Å². The highest BCUT2D eigenvalue weighted by atomic mass is 35.5. The number of amides is 3. The van der Waals surface area contributed by atoms with Crippen molar-refractivity contribution in [3.63, 3.8) is 0 Å². The number of hydrogen-bond donors (Lipinski definition) is 3. The molecule has 0 spiro atoms. The van der Waals surface area contributed by atoms with E-state index < -0.39 is 0 Å². The number of piperidine rings is 1. The molecule has 0 aromatic heterocycles. The molecule has 1 aliphatic rings. The van der Waals surface area contributed by atoms with Gasteiger partial charge in [0, 0.05) is 19.1 Å². The molecule has 1 aromatic rings. The molecule has 2 rings (SSSR count). The van der Waals surface area contributed by atoms with Gasteiger partial charge in [0.2, 0.25) is 0 Å². The van der Waals surface area contributed by atoms with Crippen LogP contribution in [0, 0.1) is 5.92 Å². The molecule has 0 aliphatic carbocycles. The molecule has 1 aliphatic heterocycles. The van der Waals surface area contributed by atoms with Crippen LogP contribution in [0.3, 0.4) is 0 Å². The van der Waals surface area contributed by atoms with Crippen molar-refractivity contribution in [2.24, 2.45) is 5.92 Å². The first kappa shape index (κ1) is 22.3. The number of urea groups is 1. The van der Waals surface area contributed by atoms with Crippen molar-refractivity contribution in [1.29, 1.82) is 0 Å². The Labute approximate surface area is 162 Å². The molecular formula is C19H31ClN4O2. The highest BCUT2D eigenvalue weighted by Gasteiger charge is 2.25. The van der Waals surface area contributed by atoms with E-state index in [0.717, 1.165) is 39.0 Å². The molecule has 7 heteroatoms. The number of carbonyl (C=O) groups excluding carboxylic acids is 2. The van der Waals surface area contributed by atoms with Gasteiger partial charge < -0.3 is 20.9 Å². The fourth-order valence-corrected chi connectivity index (χ4v) is 3.06. The smallest absolute Gasteiger partial charge is 0.319 e. The second kappa shape index (κ2) is 11.0. The summed E-state index contributed by atoms with van der Waals surface area (Å²) in [6.45, 7) is 9.44. The predicted octanol–water partition coefficient (Wildman–Crippen LogP) is 3.10. The monoisotopic (exact) mass is 382 g/mol. The van der Waals surface area contributed by atoms with Gasteiger partial charge in [-0.15, -0.1) is 12.4 Å². The topological polar surface area (TPSA) is 73.5 Å². The molecule has 0 saturated carbocycles. The number of para-hydroxylation sites is 1. The summed E-state index contributed by atoms with van der Waals surface area (Å²) in [5.41, 5.74) is 1.10. The second-order valence-corrected chi connectivity index (χ2v) is 6.84. The molecule has 1 heterocycles. The zero-order valence-corrected chi connectivity index (χ0v) is 16.7. The van der Waals surface area contributed by atoms with Crippen LogP contribution in [0.2, 0.25) is 0 Å². The number of nitrogens with one attached hydrogen (secondary N) is 3. The summed E-state index contributed by atoms with van der Waals surface area (Å²) < 4.78 is 0. The van der Waals surface area contributed by atoms with E-state index in [1.54, 1.807) is 12.1 Å². The van der Waals surface area contributed by atoms with Crippen molar-refractivity contribution in [1.82, 2.24) is 15.5 Å². The van der Waals surface area contributed by atoms with E-state index in [-0.39, 0.29) is 30.4 Å². The number of halogens is 1. The van der Waals surface area contributed by atoms with E-state index >= 15 is 0 Å². The third-order valence-corrected chi connectivity index (χ3v) is 4.41. The van der Waals surface area contributed by atoms with Crippen molar-refractivity contribution >= 4 is 30.0 Å².